The van der Waals surface area contributed by atoms with Crippen LogP contribution in [0.4, 0.5) is 5.69 Å². The van der Waals surface area contributed by atoms with Crippen molar-refractivity contribution in [2.45, 2.75) is 37.6 Å². The Morgan fingerprint density at radius 2 is 1.91 bits per heavy atom. The fourth-order valence-electron chi connectivity index (χ4n) is 5.10. The summed E-state index contributed by atoms with van der Waals surface area (Å²) in [6, 6.07) is 16.7. The highest BCUT2D eigenvalue weighted by molar-refractivity contribution is 6.29. The van der Waals surface area contributed by atoms with Crippen LogP contribution in [0.1, 0.15) is 30.7 Å². The third-order valence-corrected chi connectivity index (χ3v) is 7.00. The molecule has 1 aromatic heterocycles. The fraction of sp³-hybridized carbons (Fsp3) is 0.320. The Kier molecular flexibility index (Phi) is 5.88. The van der Waals surface area contributed by atoms with E-state index in [2.05, 4.69) is 46.3 Å². The summed E-state index contributed by atoms with van der Waals surface area (Å²) in [7, 11) is 3.65. The molecule has 3 aromatic rings. The van der Waals surface area contributed by atoms with Gasteiger partial charge in [0.2, 0.25) is 0 Å². The van der Waals surface area contributed by atoms with Gasteiger partial charge in [0.1, 0.15) is 23.5 Å². The van der Waals surface area contributed by atoms with Crippen molar-refractivity contribution < 1.29 is 4.74 Å². The minimum atomic E-state index is -0.402. The molecule has 4 N–H and O–H groups in total. The second-order valence-corrected chi connectivity index (χ2v) is 9.01. The van der Waals surface area contributed by atoms with Gasteiger partial charge < -0.3 is 19.9 Å². The average Bonchev–Trinajstić information content (AvgIpc) is 3.29. The zero-order valence-corrected chi connectivity index (χ0v) is 19.6. The molecule has 172 valence electrons. The second-order valence-electron chi connectivity index (χ2n) is 8.62. The molecule has 0 fully saturated rings. The molecule has 2 aliphatic rings. The summed E-state index contributed by atoms with van der Waals surface area (Å²) in [5.41, 5.74) is 19.0. The molecule has 0 spiro atoms. The van der Waals surface area contributed by atoms with Crippen molar-refractivity contribution in [1.29, 1.82) is 0 Å². The summed E-state index contributed by atoms with van der Waals surface area (Å²) >= 11 is 6.04. The monoisotopic (exact) mass is 464 g/mol. The Bertz CT molecular complexity index is 1180. The predicted octanol–water partition coefficient (Wildman–Crippen LogP) is 4.04. The Labute approximate surface area is 199 Å². The van der Waals surface area contributed by atoms with Crippen molar-refractivity contribution in [3.8, 4) is 11.4 Å². The number of nitrogens with two attached hydrogens (primary N) is 2. The molecule has 0 amide bonds. The van der Waals surface area contributed by atoms with Gasteiger partial charge in [-0.2, -0.15) is 0 Å². The van der Waals surface area contributed by atoms with E-state index in [0.717, 1.165) is 30.6 Å². The van der Waals surface area contributed by atoms with Crippen molar-refractivity contribution >= 4 is 17.3 Å². The summed E-state index contributed by atoms with van der Waals surface area (Å²) in [6.45, 7) is 0. The lowest BCUT2D eigenvalue weighted by Gasteiger charge is -2.50. The van der Waals surface area contributed by atoms with E-state index in [4.69, 9.17) is 27.8 Å². The van der Waals surface area contributed by atoms with Crippen LogP contribution in [-0.2, 0) is 0 Å². The van der Waals surface area contributed by atoms with Gasteiger partial charge in [-0.3, -0.25) is 10.6 Å². The number of benzene rings is 2. The summed E-state index contributed by atoms with van der Waals surface area (Å²) in [5.74, 6) is 0.944. The number of hydrogen-bond donors (Lipinski definition) is 2. The van der Waals surface area contributed by atoms with Crippen molar-refractivity contribution in [1.82, 2.24) is 14.5 Å². The summed E-state index contributed by atoms with van der Waals surface area (Å²) in [5, 5.41) is 0.428. The number of ether oxygens (including phenoxy) is 1. The molecule has 33 heavy (non-hydrogen) atoms. The molecule has 3 unspecified atom stereocenters. The van der Waals surface area contributed by atoms with Gasteiger partial charge in [0.25, 0.3) is 0 Å². The standard InChI is InChI=1S/C25H29ClN6O/c1-30-24(27)19-10-6-9-18(16-7-4-3-5-8-16)23(19)32(25(30)28)17-11-12-20(21(13-17)33-2)31-14-22(26)29-15-31/h3-5,7-8,11-15,18,24-25H,6,9-10,27-28H2,1-2H3. The first-order chi connectivity index (χ1) is 16.0. The molecule has 7 nitrogen and oxygen atoms in total. The minimum Gasteiger partial charge on any atom is -0.494 e. The van der Waals surface area contributed by atoms with Crippen LogP contribution >= 0.6 is 11.6 Å². The number of anilines is 1. The van der Waals surface area contributed by atoms with Crippen LogP contribution in [0.25, 0.3) is 5.69 Å². The van der Waals surface area contributed by atoms with Crippen LogP contribution in [0.2, 0.25) is 5.15 Å². The van der Waals surface area contributed by atoms with Gasteiger partial charge in [-0.25, -0.2) is 4.98 Å². The Morgan fingerprint density at radius 3 is 2.61 bits per heavy atom. The van der Waals surface area contributed by atoms with Gasteiger partial charge in [-0.15, -0.1) is 0 Å². The first-order valence-corrected chi connectivity index (χ1v) is 11.6. The number of likely N-dealkylation sites (N-methyl/N-ethyl adjacent to an activating group) is 1. The van der Waals surface area contributed by atoms with Gasteiger partial charge in [0.15, 0.2) is 0 Å². The lowest BCUT2D eigenvalue weighted by molar-refractivity contribution is 0.173. The molecule has 0 bridgehead atoms. The zero-order chi connectivity index (χ0) is 23.1. The maximum absolute atomic E-state index is 6.80. The maximum atomic E-state index is 6.80. The van der Waals surface area contributed by atoms with Gasteiger partial charge in [-0.05, 0) is 49.6 Å². The van der Waals surface area contributed by atoms with Crippen molar-refractivity contribution in [3.05, 3.63) is 83.0 Å². The van der Waals surface area contributed by atoms with E-state index in [1.807, 2.05) is 28.6 Å². The summed E-state index contributed by atoms with van der Waals surface area (Å²) < 4.78 is 7.61. The number of allylic oxidation sites excluding steroid dienone is 1. The number of methoxy groups -OCH3 is 1. The van der Waals surface area contributed by atoms with Gasteiger partial charge in [0, 0.05) is 29.6 Å². The average molecular weight is 465 g/mol. The highest BCUT2D eigenvalue weighted by atomic mass is 35.5. The Morgan fingerprint density at radius 1 is 1.12 bits per heavy atom. The third-order valence-electron chi connectivity index (χ3n) is 6.81. The molecular weight excluding hydrogens is 436 g/mol. The number of imidazole rings is 1. The maximum Gasteiger partial charge on any atom is 0.147 e. The van der Waals surface area contributed by atoms with E-state index in [1.165, 1.54) is 16.8 Å². The summed E-state index contributed by atoms with van der Waals surface area (Å²) in [6.07, 6.45) is 5.96. The van der Waals surface area contributed by atoms with E-state index in [-0.39, 0.29) is 12.1 Å². The van der Waals surface area contributed by atoms with Crippen molar-refractivity contribution in [3.63, 3.8) is 0 Å². The number of halogens is 1. The number of nitrogens with zero attached hydrogens (tertiary/aromatic N) is 4. The van der Waals surface area contributed by atoms with Gasteiger partial charge in [-0.1, -0.05) is 41.9 Å². The Hall–Kier alpha value is -2.84. The molecular formula is C25H29ClN6O. The van der Waals surface area contributed by atoms with E-state index < -0.39 is 6.29 Å². The molecule has 2 heterocycles. The topological polar surface area (TPSA) is 85.6 Å². The van der Waals surface area contributed by atoms with Gasteiger partial charge >= 0.3 is 0 Å². The number of aromatic nitrogens is 2. The molecule has 2 aromatic carbocycles. The first kappa shape index (κ1) is 22.0. The lowest BCUT2D eigenvalue weighted by atomic mass is 9.79. The molecule has 3 atom stereocenters. The van der Waals surface area contributed by atoms with Crippen LogP contribution in [0.5, 0.6) is 5.75 Å². The number of hydrogen-bond acceptors (Lipinski definition) is 6. The quantitative estimate of drug-likeness (QED) is 0.606. The molecule has 8 heteroatoms. The van der Waals surface area contributed by atoms with Crippen molar-refractivity contribution in [2.24, 2.45) is 11.5 Å². The number of rotatable bonds is 4. The third kappa shape index (κ3) is 3.81. The molecule has 1 aliphatic carbocycles. The van der Waals surface area contributed by atoms with E-state index in [9.17, 15) is 0 Å². The van der Waals surface area contributed by atoms with E-state index in [1.54, 1.807) is 19.6 Å². The second kappa shape index (κ2) is 8.83. The van der Waals surface area contributed by atoms with E-state index in [0.29, 0.717) is 10.9 Å². The zero-order valence-electron chi connectivity index (χ0n) is 18.9. The molecule has 0 saturated heterocycles. The fourth-order valence-corrected chi connectivity index (χ4v) is 5.25. The SMILES string of the molecule is COc1cc(N2C3=C(CCCC3c3ccccc3)C(N)N(C)C2N)ccc1-n1cnc(Cl)c1. The highest BCUT2D eigenvalue weighted by Crippen LogP contribution is 2.46. The van der Waals surface area contributed by atoms with Crippen LogP contribution < -0.4 is 21.1 Å². The normalized spacial score (nSPS) is 23.5. The van der Waals surface area contributed by atoms with Crippen LogP contribution in [0.3, 0.4) is 0 Å². The van der Waals surface area contributed by atoms with Crippen LogP contribution in [0.15, 0.2) is 72.3 Å². The first-order valence-electron chi connectivity index (χ1n) is 11.2. The molecule has 5 rings (SSSR count). The van der Waals surface area contributed by atoms with E-state index >= 15 is 0 Å². The lowest BCUT2D eigenvalue weighted by Crippen LogP contribution is -2.63. The highest BCUT2D eigenvalue weighted by Gasteiger charge is 2.41. The molecule has 0 radical (unpaired) electrons. The summed E-state index contributed by atoms with van der Waals surface area (Å²) in [4.78, 5) is 8.38. The largest absolute Gasteiger partial charge is 0.494 e. The minimum absolute atomic E-state index is 0.202. The molecule has 1 aliphatic heterocycles. The van der Waals surface area contributed by atoms with Gasteiger partial charge in [0.05, 0.1) is 19.0 Å². The smallest absolute Gasteiger partial charge is 0.147 e. The van der Waals surface area contributed by atoms with Crippen molar-refractivity contribution in [2.75, 3.05) is 19.1 Å². The van der Waals surface area contributed by atoms with Crippen LogP contribution in [-0.4, -0.2) is 41.1 Å². The predicted molar refractivity (Wildman–Crippen MR) is 131 cm³/mol. The molecule has 0 saturated carbocycles. The van der Waals surface area contributed by atoms with Crippen LogP contribution in [0, 0.1) is 0 Å². The Balaban J connectivity index is 1.64.